The highest BCUT2D eigenvalue weighted by Gasteiger charge is 2.02. The number of aromatic amines is 1. The van der Waals surface area contributed by atoms with Crippen LogP contribution in [-0.2, 0) is 6.42 Å². The molecule has 0 saturated heterocycles. The van der Waals surface area contributed by atoms with E-state index < -0.39 is 0 Å². The molecule has 0 bridgehead atoms. The van der Waals surface area contributed by atoms with E-state index in [9.17, 15) is 4.79 Å². The average Bonchev–Trinajstić information content (AvgIpc) is 2.29. The van der Waals surface area contributed by atoms with Crippen LogP contribution in [0.2, 0.25) is 0 Å². The third kappa shape index (κ3) is 2.11. The lowest BCUT2D eigenvalue weighted by molar-refractivity contribution is 0.987. The number of nitrogens with one attached hydrogen (secondary N) is 1. The summed E-state index contributed by atoms with van der Waals surface area (Å²) in [5.74, 6) is 0.587. The zero-order valence-corrected chi connectivity index (χ0v) is 9.03. The number of hydrogen-bond donors (Lipinski definition) is 2. The summed E-state index contributed by atoms with van der Waals surface area (Å²) in [4.78, 5) is 18.5. The summed E-state index contributed by atoms with van der Waals surface area (Å²) < 4.78 is 0. The second-order valence-electron chi connectivity index (χ2n) is 3.56. The molecule has 0 aliphatic rings. The SMILES string of the molecule is CCc1cc(=O)[nH]c(-c2ccc(N)cc2)n1. The van der Waals surface area contributed by atoms with Gasteiger partial charge in [0.1, 0.15) is 5.82 Å². The van der Waals surface area contributed by atoms with Crippen molar-refractivity contribution in [1.82, 2.24) is 9.97 Å². The zero-order valence-electron chi connectivity index (χ0n) is 9.03. The van der Waals surface area contributed by atoms with Gasteiger partial charge in [-0.3, -0.25) is 4.79 Å². The van der Waals surface area contributed by atoms with Crippen LogP contribution >= 0.6 is 0 Å². The standard InChI is InChI=1S/C12H13N3O/c1-2-10-7-11(16)15-12(14-10)8-3-5-9(13)6-4-8/h3-7H,2,13H2,1H3,(H,14,15,16). The molecule has 0 atom stereocenters. The molecule has 2 rings (SSSR count). The summed E-state index contributed by atoms with van der Waals surface area (Å²) in [5.41, 5.74) is 7.81. The Morgan fingerprint density at radius 1 is 1.31 bits per heavy atom. The van der Waals surface area contributed by atoms with Gasteiger partial charge in [0, 0.05) is 23.0 Å². The van der Waals surface area contributed by atoms with Crippen molar-refractivity contribution >= 4 is 5.69 Å². The van der Waals surface area contributed by atoms with Crippen LogP contribution in [0.3, 0.4) is 0 Å². The van der Waals surface area contributed by atoms with Gasteiger partial charge in [0.25, 0.3) is 5.56 Å². The number of nitrogens with two attached hydrogens (primary N) is 1. The Kier molecular flexibility index (Phi) is 2.72. The summed E-state index contributed by atoms with van der Waals surface area (Å²) in [7, 11) is 0. The van der Waals surface area contributed by atoms with Crippen LogP contribution in [0.25, 0.3) is 11.4 Å². The topological polar surface area (TPSA) is 71.8 Å². The molecule has 16 heavy (non-hydrogen) atoms. The Bertz CT molecular complexity index is 543. The summed E-state index contributed by atoms with van der Waals surface area (Å²) in [6.07, 6.45) is 0.742. The van der Waals surface area contributed by atoms with Crippen molar-refractivity contribution in [3.05, 3.63) is 46.4 Å². The zero-order chi connectivity index (χ0) is 11.5. The lowest BCUT2D eigenvalue weighted by Crippen LogP contribution is -2.09. The molecule has 0 aliphatic carbocycles. The van der Waals surface area contributed by atoms with E-state index in [-0.39, 0.29) is 5.56 Å². The molecular weight excluding hydrogens is 202 g/mol. The lowest BCUT2D eigenvalue weighted by atomic mass is 10.2. The van der Waals surface area contributed by atoms with Gasteiger partial charge < -0.3 is 10.7 Å². The smallest absolute Gasteiger partial charge is 0.251 e. The molecule has 1 heterocycles. The molecular formula is C12H13N3O. The van der Waals surface area contributed by atoms with E-state index in [0.29, 0.717) is 11.5 Å². The van der Waals surface area contributed by atoms with Crippen LogP contribution in [-0.4, -0.2) is 9.97 Å². The maximum absolute atomic E-state index is 11.4. The van der Waals surface area contributed by atoms with Gasteiger partial charge in [-0.15, -0.1) is 0 Å². The van der Waals surface area contributed by atoms with Crippen LogP contribution in [0, 0.1) is 0 Å². The molecule has 0 amide bonds. The van der Waals surface area contributed by atoms with Crippen LogP contribution in [0.4, 0.5) is 5.69 Å². The van der Waals surface area contributed by atoms with Gasteiger partial charge in [-0.1, -0.05) is 6.92 Å². The summed E-state index contributed by atoms with van der Waals surface area (Å²) in [6, 6.07) is 8.77. The summed E-state index contributed by atoms with van der Waals surface area (Å²) >= 11 is 0. The van der Waals surface area contributed by atoms with Crippen molar-refractivity contribution in [2.75, 3.05) is 5.73 Å². The van der Waals surface area contributed by atoms with Crippen molar-refractivity contribution in [2.45, 2.75) is 13.3 Å². The number of nitrogen functional groups attached to an aromatic ring is 1. The van der Waals surface area contributed by atoms with Crippen LogP contribution in [0.1, 0.15) is 12.6 Å². The fourth-order valence-corrected chi connectivity index (χ4v) is 1.47. The van der Waals surface area contributed by atoms with E-state index in [1.165, 1.54) is 6.07 Å². The third-order valence-corrected chi connectivity index (χ3v) is 2.34. The number of benzene rings is 1. The minimum atomic E-state index is -0.126. The highest BCUT2D eigenvalue weighted by atomic mass is 16.1. The van der Waals surface area contributed by atoms with Crippen molar-refractivity contribution in [1.29, 1.82) is 0 Å². The van der Waals surface area contributed by atoms with Crippen LogP contribution in [0.5, 0.6) is 0 Å². The number of nitrogens with zero attached hydrogens (tertiary/aromatic N) is 1. The van der Waals surface area contributed by atoms with E-state index in [4.69, 9.17) is 5.73 Å². The molecule has 2 aromatic rings. The second kappa shape index (κ2) is 4.18. The quantitative estimate of drug-likeness (QED) is 0.747. The van der Waals surface area contributed by atoms with Crippen LogP contribution < -0.4 is 11.3 Å². The first-order valence-electron chi connectivity index (χ1n) is 5.15. The molecule has 0 aliphatic heterocycles. The van der Waals surface area contributed by atoms with Gasteiger partial charge in [-0.2, -0.15) is 0 Å². The van der Waals surface area contributed by atoms with E-state index in [1.54, 1.807) is 12.1 Å². The van der Waals surface area contributed by atoms with Gasteiger partial charge >= 0.3 is 0 Å². The molecule has 0 radical (unpaired) electrons. The van der Waals surface area contributed by atoms with Gasteiger partial charge in [-0.25, -0.2) is 4.98 Å². The molecule has 4 nitrogen and oxygen atoms in total. The van der Waals surface area contributed by atoms with Crippen molar-refractivity contribution in [2.24, 2.45) is 0 Å². The van der Waals surface area contributed by atoms with E-state index in [0.717, 1.165) is 17.7 Å². The molecule has 82 valence electrons. The van der Waals surface area contributed by atoms with E-state index in [2.05, 4.69) is 9.97 Å². The first-order valence-corrected chi connectivity index (χ1v) is 5.15. The molecule has 3 N–H and O–H groups in total. The Labute approximate surface area is 93.2 Å². The Balaban J connectivity index is 2.51. The molecule has 1 aromatic heterocycles. The highest BCUT2D eigenvalue weighted by molar-refractivity contribution is 5.58. The Morgan fingerprint density at radius 3 is 2.62 bits per heavy atom. The molecule has 1 aromatic carbocycles. The van der Waals surface area contributed by atoms with E-state index in [1.807, 2.05) is 19.1 Å². The number of aryl methyl sites for hydroxylation is 1. The fraction of sp³-hybridized carbons (Fsp3) is 0.167. The monoisotopic (exact) mass is 215 g/mol. The fourth-order valence-electron chi connectivity index (χ4n) is 1.47. The number of aromatic nitrogens is 2. The van der Waals surface area contributed by atoms with Gasteiger partial charge in [0.15, 0.2) is 0 Å². The van der Waals surface area contributed by atoms with Crippen molar-refractivity contribution in [3.63, 3.8) is 0 Å². The van der Waals surface area contributed by atoms with E-state index >= 15 is 0 Å². The molecule has 0 fully saturated rings. The number of anilines is 1. The summed E-state index contributed by atoms with van der Waals surface area (Å²) in [5, 5.41) is 0. The molecule has 0 spiro atoms. The van der Waals surface area contributed by atoms with Gasteiger partial charge in [0.2, 0.25) is 0 Å². The molecule has 4 heteroatoms. The lowest BCUT2D eigenvalue weighted by Gasteiger charge is -2.03. The predicted molar refractivity (Wildman–Crippen MR) is 64.1 cm³/mol. The van der Waals surface area contributed by atoms with Gasteiger partial charge in [0.05, 0.1) is 0 Å². The summed E-state index contributed by atoms with van der Waals surface area (Å²) in [6.45, 7) is 1.97. The number of hydrogen-bond acceptors (Lipinski definition) is 3. The first-order chi connectivity index (χ1) is 7.69. The average molecular weight is 215 g/mol. The maximum Gasteiger partial charge on any atom is 0.251 e. The first kappa shape index (κ1) is 10.4. The van der Waals surface area contributed by atoms with Crippen molar-refractivity contribution in [3.8, 4) is 11.4 Å². The Hall–Kier alpha value is -2.10. The normalized spacial score (nSPS) is 10.3. The molecule has 0 unspecified atom stereocenters. The third-order valence-electron chi connectivity index (χ3n) is 2.34. The highest BCUT2D eigenvalue weighted by Crippen LogP contribution is 2.15. The molecule has 0 saturated carbocycles. The predicted octanol–water partition coefficient (Wildman–Crippen LogP) is 1.58. The maximum atomic E-state index is 11.4. The minimum absolute atomic E-state index is 0.126. The number of rotatable bonds is 2. The van der Waals surface area contributed by atoms with Gasteiger partial charge in [-0.05, 0) is 30.7 Å². The second-order valence-corrected chi connectivity index (χ2v) is 3.56. The largest absolute Gasteiger partial charge is 0.399 e. The minimum Gasteiger partial charge on any atom is -0.399 e. The van der Waals surface area contributed by atoms with Crippen molar-refractivity contribution < 1.29 is 0 Å². The Morgan fingerprint density at radius 2 is 2.00 bits per heavy atom. The number of H-pyrrole nitrogens is 1. The van der Waals surface area contributed by atoms with Crippen LogP contribution in [0.15, 0.2) is 35.1 Å².